The highest BCUT2D eigenvalue weighted by molar-refractivity contribution is 6.02. The molecule has 3 aromatic carbocycles. The Hall–Kier alpha value is -4.70. The molecule has 37 heavy (non-hydrogen) atoms. The van der Waals surface area contributed by atoms with Gasteiger partial charge in [-0.05, 0) is 48.4 Å². The average Bonchev–Trinajstić information content (AvgIpc) is 2.89. The molecule has 1 aliphatic carbocycles. The second-order valence-electron chi connectivity index (χ2n) is 9.56. The SMILES string of the molecule is Cc1ccccc1[C@H]1C(C#N)=C(N)N(c2cc([N+](=O)[O-])ccc2C)C2=C1C(=O)C[C@H](c1ccccc1)C2. The molecular weight excluding hydrogens is 464 g/mol. The minimum atomic E-state index is -0.597. The Kier molecular flexibility index (Phi) is 6.10. The van der Waals surface area contributed by atoms with Crippen LogP contribution in [0.1, 0.15) is 46.9 Å². The molecule has 3 aromatic rings. The summed E-state index contributed by atoms with van der Waals surface area (Å²) >= 11 is 0. The summed E-state index contributed by atoms with van der Waals surface area (Å²) < 4.78 is 0. The molecule has 0 radical (unpaired) electrons. The van der Waals surface area contributed by atoms with Gasteiger partial charge >= 0.3 is 0 Å². The second-order valence-corrected chi connectivity index (χ2v) is 9.56. The van der Waals surface area contributed by atoms with Gasteiger partial charge in [-0.15, -0.1) is 0 Å². The lowest BCUT2D eigenvalue weighted by atomic mass is 9.71. The summed E-state index contributed by atoms with van der Waals surface area (Å²) in [6.45, 7) is 3.79. The summed E-state index contributed by atoms with van der Waals surface area (Å²) in [5, 5.41) is 21.9. The molecule has 1 heterocycles. The first-order chi connectivity index (χ1) is 17.8. The number of nitriles is 1. The van der Waals surface area contributed by atoms with Crippen LogP contribution < -0.4 is 10.6 Å². The predicted molar refractivity (Wildman–Crippen MR) is 142 cm³/mol. The molecule has 0 fully saturated rings. The fourth-order valence-corrected chi connectivity index (χ4v) is 5.54. The largest absolute Gasteiger partial charge is 0.384 e. The average molecular weight is 491 g/mol. The van der Waals surface area contributed by atoms with Crippen molar-refractivity contribution in [3.8, 4) is 6.07 Å². The number of Topliss-reactive ketones (excluding diaryl/α,β-unsaturated/α-hetero) is 1. The number of nitro groups is 1. The smallest absolute Gasteiger partial charge is 0.271 e. The van der Waals surface area contributed by atoms with E-state index in [1.807, 2.05) is 68.4 Å². The van der Waals surface area contributed by atoms with Gasteiger partial charge in [-0.3, -0.25) is 19.8 Å². The molecule has 1 aliphatic heterocycles. The minimum absolute atomic E-state index is 0.0447. The van der Waals surface area contributed by atoms with Crippen LogP contribution in [0, 0.1) is 35.3 Å². The highest BCUT2D eigenvalue weighted by atomic mass is 16.6. The predicted octanol–water partition coefficient (Wildman–Crippen LogP) is 5.91. The van der Waals surface area contributed by atoms with Crippen molar-refractivity contribution >= 4 is 17.2 Å². The van der Waals surface area contributed by atoms with Crippen molar-refractivity contribution in [1.29, 1.82) is 5.26 Å². The van der Waals surface area contributed by atoms with E-state index in [1.165, 1.54) is 12.1 Å². The quantitative estimate of drug-likeness (QED) is 0.359. The standard InChI is InChI=1S/C30H26N4O3/c1-18-8-6-7-11-23(18)28-24(17-31)30(32)33(25-16-22(34(36)37)13-12-19(25)2)26-14-21(15-27(35)29(26)28)20-9-4-3-5-10-20/h3-13,16,21,28H,14-15,32H2,1-2H3/t21-,28+/m1/s1. The van der Waals surface area contributed by atoms with Crippen LogP contribution in [0.5, 0.6) is 0 Å². The number of allylic oxidation sites excluding steroid dienone is 3. The fraction of sp³-hybridized carbons (Fsp3) is 0.200. The number of hydrogen-bond acceptors (Lipinski definition) is 6. The molecule has 0 unspecified atom stereocenters. The molecule has 0 saturated heterocycles. The van der Waals surface area contributed by atoms with E-state index in [2.05, 4.69) is 6.07 Å². The number of carbonyl (C=O) groups excluding carboxylic acids is 1. The summed E-state index contributed by atoms with van der Waals surface area (Å²) in [6, 6.07) is 24.4. The number of nitrogens with two attached hydrogens (primary N) is 1. The lowest BCUT2D eigenvalue weighted by Crippen LogP contribution is -2.40. The first-order valence-corrected chi connectivity index (χ1v) is 12.1. The molecule has 7 heteroatoms. The third kappa shape index (κ3) is 4.07. The maximum atomic E-state index is 13.9. The molecule has 0 amide bonds. The Morgan fingerprint density at radius 2 is 1.70 bits per heavy atom. The van der Waals surface area contributed by atoms with Crippen LogP contribution >= 0.6 is 0 Å². The van der Waals surface area contributed by atoms with Gasteiger partial charge in [0.1, 0.15) is 5.82 Å². The van der Waals surface area contributed by atoms with E-state index in [9.17, 15) is 20.2 Å². The number of hydrogen-bond donors (Lipinski definition) is 1. The van der Waals surface area contributed by atoms with E-state index < -0.39 is 10.8 Å². The molecule has 5 rings (SSSR count). The van der Waals surface area contributed by atoms with Gasteiger partial charge in [-0.1, -0.05) is 60.7 Å². The molecule has 184 valence electrons. The zero-order chi connectivity index (χ0) is 26.3. The Balaban J connectivity index is 1.78. The van der Waals surface area contributed by atoms with E-state index in [4.69, 9.17) is 5.73 Å². The lowest BCUT2D eigenvalue weighted by Gasteiger charge is -2.42. The van der Waals surface area contributed by atoms with Gasteiger partial charge in [-0.2, -0.15) is 5.26 Å². The van der Waals surface area contributed by atoms with E-state index >= 15 is 0 Å². The van der Waals surface area contributed by atoms with Crippen LogP contribution in [0.4, 0.5) is 11.4 Å². The van der Waals surface area contributed by atoms with E-state index in [0.29, 0.717) is 29.8 Å². The number of carbonyl (C=O) groups is 1. The number of ketones is 1. The molecule has 0 bridgehead atoms. The van der Waals surface area contributed by atoms with Crippen molar-refractivity contribution in [2.45, 2.75) is 38.5 Å². The van der Waals surface area contributed by atoms with Gasteiger partial charge in [0.05, 0.1) is 28.2 Å². The van der Waals surface area contributed by atoms with Gasteiger partial charge in [0, 0.05) is 29.8 Å². The number of nitrogens with zero attached hydrogens (tertiary/aromatic N) is 3. The second kappa shape index (κ2) is 9.40. The molecule has 2 atom stereocenters. The Bertz CT molecular complexity index is 1530. The van der Waals surface area contributed by atoms with Gasteiger partial charge in [0.15, 0.2) is 5.78 Å². The van der Waals surface area contributed by atoms with Gasteiger partial charge in [0.25, 0.3) is 5.69 Å². The molecule has 7 nitrogen and oxygen atoms in total. The van der Waals surface area contributed by atoms with E-state index in [-0.39, 0.29) is 28.8 Å². The van der Waals surface area contributed by atoms with Crippen LogP contribution in [-0.2, 0) is 4.79 Å². The summed E-state index contributed by atoms with van der Waals surface area (Å²) in [5.74, 6) is -0.528. The van der Waals surface area contributed by atoms with Crippen molar-refractivity contribution in [3.63, 3.8) is 0 Å². The number of rotatable bonds is 4. The molecule has 0 spiro atoms. The van der Waals surface area contributed by atoms with Crippen molar-refractivity contribution in [3.05, 3.63) is 128 Å². The van der Waals surface area contributed by atoms with Gasteiger partial charge in [0.2, 0.25) is 0 Å². The third-order valence-corrected chi connectivity index (χ3v) is 7.38. The summed E-state index contributed by atoms with van der Waals surface area (Å²) in [7, 11) is 0. The highest BCUT2D eigenvalue weighted by Gasteiger charge is 2.43. The highest BCUT2D eigenvalue weighted by Crippen LogP contribution is 2.50. The van der Waals surface area contributed by atoms with Crippen LogP contribution in [0.3, 0.4) is 0 Å². The summed E-state index contributed by atoms with van der Waals surface area (Å²) in [5.41, 5.74) is 12.3. The first-order valence-electron chi connectivity index (χ1n) is 12.1. The van der Waals surface area contributed by atoms with Crippen molar-refractivity contribution < 1.29 is 9.72 Å². The van der Waals surface area contributed by atoms with E-state index in [0.717, 1.165) is 22.3 Å². The van der Waals surface area contributed by atoms with Crippen molar-refractivity contribution in [1.82, 2.24) is 0 Å². The fourth-order valence-electron chi connectivity index (χ4n) is 5.54. The number of aryl methyl sites for hydroxylation is 2. The zero-order valence-corrected chi connectivity index (χ0v) is 20.6. The molecule has 0 saturated carbocycles. The Labute approximate surface area is 215 Å². The zero-order valence-electron chi connectivity index (χ0n) is 20.6. The number of non-ortho nitro benzene ring substituents is 1. The van der Waals surface area contributed by atoms with Crippen LogP contribution in [0.25, 0.3) is 0 Å². The lowest BCUT2D eigenvalue weighted by molar-refractivity contribution is -0.384. The molecule has 2 aliphatic rings. The maximum Gasteiger partial charge on any atom is 0.271 e. The van der Waals surface area contributed by atoms with Crippen LogP contribution in [-0.4, -0.2) is 10.7 Å². The van der Waals surface area contributed by atoms with Crippen LogP contribution in [0.15, 0.2) is 95.5 Å². The Morgan fingerprint density at radius 3 is 2.38 bits per heavy atom. The van der Waals surface area contributed by atoms with Gasteiger partial charge < -0.3 is 5.73 Å². The normalized spacial score (nSPS) is 19.5. The summed E-state index contributed by atoms with van der Waals surface area (Å²) in [4.78, 5) is 26.8. The van der Waals surface area contributed by atoms with E-state index in [1.54, 1.807) is 11.0 Å². The summed E-state index contributed by atoms with van der Waals surface area (Å²) in [6.07, 6.45) is 0.820. The number of benzene rings is 3. The monoisotopic (exact) mass is 490 g/mol. The van der Waals surface area contributed by atoms with Crippen LogP contribution in [0.2, 0.25) is 0 Å². The minimum Gasteiger partial charge on any atom is -0.384 e. The molecule has 0 aromatic heterocycles. The van der Waals surface area contributed by atoms with Crippen molar-refractivity contribution in [2.24, 2.45) is 5.73 Å². The topological polar surface area (TPSA) is 113 Å². The van der Waals surface area contributed by atoms with Crippen molar-refractivity contribution in [2.75, 3.05) is 4.90 Å². The molecule has 2 N–H and O–H groups in total. The Morgan fingerprint density at radius 1 is 1.00 bits per heavy atom. The third-order valence-electron chi connectivity index (χ3n) is 7.38. The maximum absolute atomic E-state index is 13.9. The first kappa shape index (κ1) is 24.0. The number of nitro benzene ring substituents is 1. The number of anilines is 1. The van der Waals surface area contributed by atoms with Gasteiger partial charge in [-0.25, -0.2) is 0 Å². The molecular formula is C30H26N4O3.